The van der Waals surface area contributed by atoms with Gasteiger partial charge in [0.1, 0.15) is 11.6 Å². The number of carbonyl (C=O) groups is 2. The molecule has 0 heterocycles. The van der Waals surface area contributed by atoms with Crippen molar-refractivity contribution in [2.75, 3.05) is 23.8 Å². The van der Waals surface area contributed by atoms with Crippen molar-refractivity contribution in [3.63, 3.8) is 0 Å². The molecule has 0 saturated heterocycles. The maximum Gasteiger partial charge on any atom is 0.319 e. The fourth-order valence-corrected chi connectivity index (χ4v) is 1.89. The SMILES string of the molecule is CCOc1ccc(NC(=O)NCC(=O)Nc2ccccc2F)cc1. The number of hydrogen-bond donors (Lipinski definition) is 3. The summed E-state index contributed by atoms with van der Waals surface area (Å²) in [6.45, 7) is 2.16. The zero-order chi connectivity index (χ0) is 17.4. The summed E-state index contributed by atoms with van der Waals surface area (Å²) in [4.78, 5) is 23.4. The van der Waals surface area contributed by atoms with E-state index >= 15 is 0 Å². The van der Waals surface area contributed by atoms with Crippen molar-refractivity contribution in [2.24, 2.45) is 0 Å². The van der Waals surface area contributed by atoms with E-state index in [0.29, 0.717) is 18.0 Å². The van der Waals surface area contributed by atoms with Gasteiger partial charge in [-0.2, -0.15) is 0 Å². The second-order valence-electron chi connectivity index (χ2n) is 4.79. The molecule has 2 aromatic rings. The summed E-state index contributed by atoms with van der Waals surface area (Å²) in [5.41, 5.74) is 0.627. The predicted molar refractivity (Wildman–Crippen MR) is 89.7 cm³/mol. The normalized spacial score (nSPS) is 9.92. The monoisotopic (exact) mass is 331 g/mol. The Balaban J connectivity index is 1.78. The number of rotatable bonds is 6. The van der Waals surface area contributed by atoms with E-state index in [1.807, 2.05) is 6.92 Å². The number of urea groups is 1. The number of para-hydroxylation sites is 1. The Kier molecular flexibility index (Phi) is 6.13. The first-order valence-electron chi connectivity index (χ1n) is 7.40. The Morgan fingerprint density at radius 1 is 1.04 bits per heavy atom. The first-order valence-corrected chi connectivity index (χ1v) is 7.40. The van der Waals surface area contributed by atoms with E-state index in [9.17, 15) is 14.0 Å². The number of ether oxygens (including phenoxy) is 1. The summed E-state index contributed by atoms with van der Waals surface area (Å²) >= 11 is 0. The molecule has 24 heavy (non-hydrogen) atoms. The zero-order valence-corrected chi connectivity index (χ0v) is 13.1. The summed E-state index contributed by atoms with van der Waals surface area (Å²) < 4.78 is 18.7. The Hall–Kier alpha value is -3.09. The van der Waals surface area contributed by atoms with Gasteiger partial charge in [0.05, 0.1) is 18.8 Å². The molecule has 0 aliphatic rings. The second kappa shape index (κ2) is 8.52. The van der Waals surface area contributed by atoms with Gasteiger partial charge < -0.3 is 20.7 Å². The third-order valence-electron chi connectivity index (χ3n) is 2.98. The van der Waals surface area contributed by atoms with Crippen molar-refractivity contribution in [3.05, 3.63) is 54.3 Å². The highest BCUT2D eigenvalue weighted by Gasteiger charge is 2.08. The van der Waals surface area contributed by atoms with Crippen molar-refractivity contribution in [2.45, 2.75) is 6.92 Å². The highest BCUT2D eigenvalue weighted by Crippen LogP contribution is 2.15. The molecule has 0 aliphatic carbocycles. The van der Waals surface area contributed by atoms with Crippen LogP contribution in [0.2, 0.25) is 0 Å². The minimum absolute atomic E-state index is 0.0659. The first-order chi connectivity index (χ1) is 11.6. The summed E-state index contributed by atoms with van der Waals surface area (Å²) in [6, 6.07) is 12.1. The summed E-state index contributed by atoms with van der Waals surface area (Å²) in [7, 11) is 0. The topological polar surface area (TPSA) is 79.5 Å². The molecule has 0 aliphatic heterocycles. The van der Waals surface area contributed by atoms with Crippen LogP contribution in [-0.2, 0) is 4.79 Å². The quantitative estimate of drug-likeness (QED) is 0.761. The Bertz CT molecular complexity index is 704. The van der Waals surface area contributed by atoms with Gasteiger partial charge in [-0.1, -0.05) is 12.1 Å². The average molecular weight is 331 g/mol. The molecule has 2 aromatic carbocycles. The first kappa shape index (κ1) is 17.3. The van der Waals surface area contributed by atoms with Gasteiger partial charge >= 0.3 is 6.03 Å². The molecule has 0 atom stereocenters. The fourth-order valence-electron chi connectivity index (χ4n) is 1.89. The third-order valence-corrected chi connectivity index (χ3v) is 2.98. The van der Waals surface area contributed by atoms with Gasteiger partial charge in [-0.15, -0.1) is 0 Å². The van der Waals surface area contributed by atoms with Crippen LogP contribution in [-0.4, -0.2) is 25.1 Å². The summed E-state index contributed by atoms with van der Waals surface area (Å²) in [5, 5.41) is 7.35. The predicted octanol–water partition coefficient (Wildman–Crippen LogP) is 2.98. The lowest BCUT2D eigenvalue weighted by molar-refractivity contribution is -0.115. The van der Waals surface area contributed by atoms with Crippen LogP contribution in [0.3, 0.4) is 0 Å². The van der Waals surface area contributed by atoms with E-state index in [1.165, 1.54) is 18.2 Å². The van der Waals surface area contributed by atoms with Gasteiger partial charge in [0, 0.05) is 5.69 Å². The van der Waals surface area contributed by atoms with Crippen molar-refractivity contribution < 1.29 is 18.7 Å². The molecule has 2 rings (SSSR count). The van der Waals surface area contributed by atoms with Crippen LogP contribution in [0.1, 0.15) is 6.92 Å². The molecule has 0 spiro atoms. The van der Waals surface area contributed by atoms with Crippen LogP contribution < -0.4 is 20.7 Å². The maximum absolute atomic E-state index is 13.4. The van der Waals surface area contributed by atoms with Gasteiger partial charge in [-0.3, -0.25) is 4.79 Å². The lowest BCUT2D eigenvalue weighted by Crippen LogP contribution is -2.35. The van der Waals surface area contributed by atoms with Crippen LogP contribution in [0, 0.1) is 5.82 Å². The molecule has 0 aromatic heterocycles. The number of nitrogens with one attached hydrogen (secondary N) is 3. The average Bonchev–Trinajstić information content (AvgIpc) is 2.57. The van der Waals surface area contributed by atoms with E-state index in [-0.39, 0.29) is 12.2 Å². The van der Waals surface area contributed by atoms with Gasteiger partial charge in [-0.05, 0) is 43.3 Å². The van der Waals surface area contributed by atoms with E-state index in [0.717, 1.165) is 0 Å². The standard InChI is InChI=1S/C17H18FN3O3/c1-2-24-13-9-7-12(8-10-13)20-17(23)19-11-16(22)21-15-6-4-3-5-14(15)18/h3-10H,2,11H2,1H3,(H,21,22)(H2,19,20,23). The summed E-state index contributed by atoms with van der Waals surface area (Å²) in [5.74, 6) is -0.362. The highest BCUT2D eigenvalue weighted by atomic mass is 19.1. The van der Waals surface area contributed by atoms with E-state index in [4.69, 9.17) is 4.74 Å². The van der Waals surface area contributed by atoms with E-state index < -0.39 is 17.8 Å². The molecular formula is C17H18FN3O3. The number of benzene rings is 2. The van der Waals surface area contributed by atoms with Gasteiger partial charge in [0.25, 0.3) is 0 Å². The Morgan fingerprint density at radius 3 is 2.42 bits per heavy atom. The highest BCUT2D eigenvalue weighted by molar-refractivity contribution is 5.97. The zero-order valence-electron chi connectivity index (χ0n) is 13.1. The Morgan fingerprint density at radius 2 is 1.75 bits per heavy atom. The minimum Gasteiger partial charge on any atom is -0.494 e. The van der Waals surface area contributed by atoms with Crippen molar-refractivity contribution in [3.8, 4) is 5.75 Å². The number of anilines is 2. The molecule has 126 valence electrons. The van der Waals surface area contributed by atoms with Gasteiger partial charge in [0.15, 0.2) is 0 Å². The minimum atomic E-state index is -0.539. The second-order valence-corrected chi connectivity index (χ2v) is 4.79. The molecule has 6 nitrogen and oxygen atoms in total. The number of hydrogen-bond acceptors (Lipinski definition) is 3. The van der Waals surface area contributed by atoms with Crippen LogP contribution in [0.15, 0.2) is 48.5 Å². The van der Waals surface area contributed by atoms with Crippen LogP contribution in [0.4, 0.5) is 20.6 Å². The van der Waals surface area contributed by atoms with Crippen molar-refractivity contribution in [1.82, 2.24) is 5.32 Å². The molecule has 0 saturated carbocycles. The lowest BCUT2D eigenvalue weighted by Gasteiger charge is -2.09. The molecule has 0 fully saturated rings. The molecule has 3 amide bonds. The molecular weight excluding hydrogens is 313 g/mol. The van der Waals surface area contributed by atoms with Crippen LogP contribution in [0.25, 0.3) is 0 Å². The molecule has 3 N–H and O–H groups in total. The van der Waals surface area contributed by atoms with E-state index in [1.54, 1.807) is 30.3 Å². The third kappa shape index (κ3) is 5.28. The number of halogens is 1. The smallest absolute Gasteiger partial charge is 0.319 e. The summed E-state index contributed by atoms with van der Waals surface area (Å²) in [6.07, 6.45) is 0. The van der Waals surface area contributed by atoms with Crippen molar-refractivity contribution >= 4 is 23.3 Å². The van der Waals surface area contributed by atoms with Crippen LogP contribution >= 0.6 is 0 Å². The molecule has 0 unspecified atom stereocenters. The van der Waals surface area contributed by atoms with Gasteiger partial charge in [0.2, 0.25) is 5.91 Å². The molecule has 7 heteroatoms. The van der Waals surface area contributed by atoms with Crippen LogP contribution in [0.5, 0.6) is 5.75 Å². The van der Waals surface area contributed by atoms with Gasteiger partial charge in [-0.25, -0.2) is 9.18 Å². The molecule has 0 bridgehead atoms. The van der Waals surface area contributed by atoms with E-state index in [2.05, 4.69) is 16.0 Å². The maximum atomic E-state index is 13.4. The lowest BCUT2D eigenvalue weighted by atomic mass is 10.3. The number of amides is 3. The Labute approximate surface area is 139 Å². The van der Waals surface area contributed by atoms with Crippen molar-refractivity contribution in [1.29, 1.82) is 0 Å². The largest absolute Gasteiger partial charge is 0.494 e. The fraction of sp³-hybridized carbons (Fsp3) is 0.176. The molecule has 0 radical (unpaired) electrons. The number of carbonyl (C=O) groups excluding carboxylic acids is 2.